The number of halogens is 5. The Bertz CT molecular complexity index is 1010. The van der Waals surface area contributed by atoms with Crippen LogP contribution in [-0.2, 0) is 22.3 Å². The molecule has 0 radical (unpaired) electrons. The van der Waals surface area contributed by atoms with Crippen LogP contribution in [0.3, 0.4) is 0 Å². The molecule has 1 saturated heterocycles. The number of nitrogens with one attached hydrogen (secondary N) is 3. The second-order valence-electron chi connectivity index (χ2n) is 8.10. The van der Waals surface area contributed by atoms with Gasteiger partial charge in [0.25, 0.3) is 0 Å². The number of hydrogen-bond acceptors (Lipinski definition) is 4. The van der Waals surface area contributed by atoms with Gasteiger partial charge in [0.1, 0.15) is 17.7 Å². The highest BCUT2D eigenvalue weighted by Gasteiger charge is 2.33. The van der Waals surface area contributed by atoms with Crippen LogP contribution in [0.25, 0.3) is 0 Å². The number of aliphatic hydroxyl groups excluding tert-OH is 1. The van der Waals surface area contributed by atoms with Gasteiger partial charge in [0.15, 0.2) is 0 Å². The summed E-state index contributed by atoms with van der Waals surface area (Å²) in [5.41, 5.74) is -0.430. The van der Waals surface area contributed by atoms with Crippen molar-refractivity contribution in [2.24, 2.45) is 0 Å². The van der Waals surface area contributed by atoms with Crippen molar-refractivity contribution >= 4 is 17.6 Å². The number of rotatable bonds is 7. The molecule has 4 N–H and O–H groups in total. The first-order valence-corrected chi connectivity index (χ1v) is 10.8. The zero-order valence-corrected chi connectivity index (χ0v) is 18.4. The van der Waals surface area contributed by atoms with Crippen molar-refractivity contribution in [3.8, 4) is 0 Å². The molecule has 0 bridgehead atoms. The maximum Gasteiger partial charge on any atom is 0.416 e. The van der Waals surface area contributed by atoms with E-state index < -0.39 is 60.2 Å². The Morgan fingerprint density at radius 2 is 1.69 bits per heavy atom. The molecule has 3 amide bonds. The summed E-state index contributed by atoms with van der Waals surface area (Å²) < 4.78 is 70.1. The zero-order chi connectivity index (χ0) is 25.6. The van der Waals surface area contributed by atoms with Crippen molar-refractivity contribution in [2.75, 3.05) is 11.9 Å². The Morgan fingerprint density at radius 1 is 1.03 bits per heavy atom. The minimum atomic E-state index is -4.49. The molecular formula is C23H24F5N3O4. The topological polar surface area (TPSA) is 99.7 Å². The molecule has 3 rings (SSSR count). The molecule has 1 fully saturated rings. The first-order valence-electron chi connectivity index (χ1n) is 10.8. The van der Waals surface area contributed by atoms with E-state index in [2.05, 4.69) is 16.0 Å². The number of ether oxygens (including phenoxy) is 1. The number of hydrogen-bond donors (Lipinski definition) is 4. The van der Waals surface area contributed by atoms with Gasteiger partial charge in [-0.2, -0.15) is 13.2 Å². The lowest BCUT2D eigenvalue weighted by molar-refractivity contribution is -0.137. The average molecular weight is 501 g/mol. The summed E-state index contributed by atoms with van der Waals surface area (Å²) in [6.45, 7) is -0.510. The summed E-state index contributed by atoms with van der Waals surface area (Å²) in [5, 5.41) is 17.2. The normalized spacial score (nSPS) is 20.2. The zero-order valence-electron chi connectivity index (χ0n) is 18.4. The molecule has 0 spiro atoms. The van der Waals surface area contributed by atoms with Gasteiger partial charge in [-0.25, -0.2) is 13.6 Å². The van der Waals surface area contributed by atoms with Crippen LogP contribution in [0.2, 0.25) is 0 Å². The molecule has 2 aromatic rings. The standard InChI is InChI=1S/C23H24F5N3O4/c24-15-7-13(8-16(25)9-15)11-29-21(33)10-18-5-6-19(20(12-32)35-18)31-22(34)30-17-3-1-14(2-4-17)23(26,27)28/h1-4,7-9,18-20,32H,5-6,10-12H2,(H,29,33)(H2,30,31,34)/t18-,19-,20+/m1/s1. The largest absolute Gasteiger partial charge is 0.416 e. The number of amides is 3. The van der Waals surface area contributed by atoms with Crippen LogP contribution in [0.5, 0.6) is 0 Å². The molecule has 0 aliphatic carbocycles. The maximum atomic E-state index is 13.2. The predicted molar refractivity (Wildman–Crippen MR) is 115 cm³/mol. The lowest BCUT2D eigenvalue weighted by Gasteiger charge is -2.35. The van der Waals surface area contributed by atoms with Gasteiger partial charge >= 0.3 is 12.2 Å². The van der Waals surface area contributed by atoms with E-state index >= 15 is 0 Å². The summed E-state index contributed by atoms with van der Waals surface area (Å²) in [4.78, 5) is 24.5. The fourth-order valence-corrected chi connectivity index (χ4v) is 3.72. The Labute approximate surface area is 197 Å². The smallest absolute Gasteiger partial charge is 0.394 e. The van der Waals surface area contributed by atoms with Crippen LogP contribution < -0.4 is 16.0 Å². The van der Waals surface area contributed by atoms with Crippen molar-refractivity contribution < 1.29 is 41.4 Å². The minimum absolute atomic E-state index is 0.0568. The van der Waals surface area contributed by atoms with Crippen LogP contribution >= 0.6 is 0 Å². The molecule has 1 aliphatic rings. The van der Waals surface area contributed by atoms with Gasteiger partial charge in [-0.05, 0) is 54.8 Å². The number of benzene rings is 2. The number of alkyl halides is 3. The minimum Gasteiger partial charge on any atom is -0.394 e. The van der Waals surface area contributed by atoms with Crippen molar-refractivity contribution in [1.82, 2.24) is 10.6 Å². The highest BCUT2D eigenvalue weighted by atomic mass is 19.4. The highest BCUT2D eigenvalue weighted by molar-refractivity contribution is 5.89. The molecule has 2 aromatic carbocycles. The van der Waals surface area contributed by atoms with Gasteiger partial charge in [0, 0.05) is 18.3 Å². The van der Waals surface area contributed by atoms with Gasteiger partial charge in [-0.15, -0.1) is 0 Å². The number of carbonyl (C=O) groups excluding carboxylic acids is 2. The van der Waals surface area contributed by atoms with Crippen LogP contribution in [0, 0.1) is 11.6 Å². The number of aliphatic hydroxyl groups is 1. The summed E-state index contributed by atoms with van der Waals surface area (Å²) in [6.07, 6.45) is -5.15. The van der Waals surface area contributed by atoms with E-state index in [1.807, 2.05) is 0 Å². The van der Waals surface area contributed by atoms with Crippen LogP contribution in [0.15, 0.2) is 42.5 Å². The lowest BCUT2D eigenvalue weighted by atomic mass is 9.97. The van der Waals surface area contributed by atoms with E-state index in [1.54, 1.807) is 0 Å². The van der Waals surface area contributed by atoms with Crippen molar-refractivity contribution in [3.63, 3.8) is 0 Å². The maximum absolute atomic E-state index is 13.2. The molecule has 35 heavy (non-hydrogen) atoms. The van der Waals surface area contributed by atoms with Crippen molar-refractivity contribution in [2.45, 2.75) is 50.2 Å². The number of carbonyl (C=O) groups is 2. The van der Waals surface area contributed by atoms with Gasteiger partial charge in [-0.1, -0.05) is 0 Å². The summed E-state index contributed by atoms with van der Waals surface area (Å²) in [6, 6.07) is 5.59. The van der Waals surface area contributed by atoms with E-state index in [9.17, 15) is 36.6 Å². The fraction of sp³-hybridized carbons (Fsp3) is 0.391. The van der Waals surface area contributed by atoms with Gasteiger partial charge < -0.3 is 25.8 Å². The Balaban J connectivity index is 1.46. The lowest BCUT2D eigenvalue weighted by Crippen LogP contribution is -2.52. The summed E-state index contributed by atoms with van der Waals surface area (Å²) in [5.74, 6) is -1.92. The van der Waals surface area contributed by atoms with E-state index in [1.165, 1.54) is 0 Å². The first-order chi connectivity index (χ1) is 16.5. The molecule has 0 aromatic heterocycles. The Hall–Kier alpha value is -3.25. The molecule has 0 saturated carbocycles. The van der Waals surface area contributed by atoms with Crippen molar-refractivity contribution in [3.05, 3.63) is 65.2 Å². The molecule has 3 atom stereocenters. The van der Waals surface area contributed by atoms with E-state index in [0.29, 0.717) is 12.8 Å². The number of anilines is 1. The van der Waals surface area contributed by atoms with Gasteiger partial charge in [0.2, 0.25) is 5.91 Å². The quantitative estimate of drug-likeness (QED) is 0.435. The number of urea groups is 1. The summed E-state index contributed by atoms with van der Waals surface area (Å²) >= 11 is 0. The molecule has 7 nitrogen and oxygen atoms in total. The molecule has 1 heterocycles. The van der Waals surface area contributed by atoms with Gasteiger partial charge in [0.05, 0.1) is 30.7 Å². The molecular weight excluding hydrogens is 477 g/mol. The third kappa shape index (κ3) is 7.89. The van der Waals surface area contributed by atoms with E-state index in [0.717, 1.165) is 42.5 Å². The van der Waals surface area contributed by atoms with Gasteiger partial charge in [-0.3, -0.25) is 4.79 Å². The molecule has 12 heteroatoms. The monoisotopic (exact) mass is 501 g/mol. The average Bonchev–Trinajstić information content (AvgIpc) is 2.78. The summed E-state index contributed by atoms with van der Waals surface area (Å²) in [7, 11) is 0. The molecule has 190 valence electrons. The SMILES string of the molecule is O=C(C[C@H]1CC[C@@H](NC(=O)Nc2ccc(C(F)(F)F)cc2)[C@H](CO)O1)NCc1cc(F)cc(F)c1. The third-order valence-electron chi connectivity index (χ3n) is 5.41. The van der Waals surface area contributed by atoms with E-state index in [-0.39, 0.29) is 24.2 Å². The first kappa shape index (κ1) is 26.4. The van der Waals surface area contributed by atoms with E-state index in [4.69, 9.17) is 4.74 Å². The molecule has 1 aliphatic heterocycles. The Kier molecular flexibility index (Phi) is 8.62. The molecule has 0 unspecified atom stereocenters. The van der Waals surface area contributed by atoms with Crippen LogP contribution in [-0.4, -0.2) is 41.9 Å². The fourth-order valence-electron chi connectivity index (χ4n) is 3.72. The second kappa shape index (κ2) is 11.5. The van der Waals surface area contributed by atoms with Crippen LogP contribution in [0.4, 0.5) is 32.4 Å². The van der Waals surface area contributed by atoms with Crippen molar-refractivity contribution in [1.29, 1.82) is 0 Å². The van der Waals surface area contributed by atoms with Crippen LogP contribution in [0.1, 0.15) is 30.4 Å². The predicted octanol–water partition coefficient (Wildman–Crippen LogP) is 3.72. The third-order valence-corrected chi connectivity index (χ3v) is 5.41. The second-order valence-corrected chi connectivity index (χ2v) is 8.10. The highest BCUT2D eigenvalue weighted by Crippen LogP contribution is 2.30. The Morgan fingerprint density at radius 3 is 2.29 bits per heavy atom.